The number of methoxy groups -OCH3 is 2. The van der Waals surface area contributed by atoms with E-state index in [4.69, 9.17) is 9.47 Å². The van der Waals surface area contributed by atoms with Gasteiger partial charge in [-0.05, 0) is 37.1 Å². The van der Waals surface area contributed by atoms with E-state index >= 15 is 0 Å². The summed E-state index contributed by atoms with van der Waals surface area (Å²) in [7, 11) is 2.91. The van der Waals surface area contributed by atoms with Crippen LogP contribution in [0.4, 0.5) is 0 Å². The number of hydrogen-bond acceptors (Lipinski definition) is 4. The highest BCUT2D eigenvalue weighted by Crippen LogP contribution is 2.32. The fourth-order valence-corrected chi connectivity index (χ4v) is 2.71. The van der Waals surface area contributed by atoms with Crippen molar-refractivity contribution in [3.05, 3.63) is 46.7 Å². The lowest BCUT2D eigenvalue weighted by molar-refractivity contribution is -0.136. The minimum absolute atomic E-state index is 0.163. The minimum atomic E-state index is -0.492. The molecule has 0 saturated heterocycles. The van der Waals surface area contributed by atoms with Gasteiger partial charge in [0.05, 0.1) is 25.4 Å². The lowest BCUT2D eigenvalue weighted by Crippen LogP contribution is -2.26. The summed E-state index contributed by atoms with van der Waals surface area (Å²) in [5, 5.41) is 0. The fourth-order valence-electron chi connectivity index (χ4n) is 2.71. The zero-order chi connectivity index (χ0) is 17.7. The smallest absolute Gasteiger partial charge is 0.340 e. The van der Waals surface area contributed by atoms with Crippen LogP contribution in [-0.4, -0.2) is 37.5 Å². The quantitative estimate of drug-likeness (QED) is 0.594. The molecule has 1 aliphatic rings. The molecule has 1 aromatic rings. The first kappa shape index (κ1) is 17.8. The van der Waals surface area contributed by atoms with Crippen molar-refractivity contribution < 1.29 is 19.1 Å². The van der Waals surface area contributed by atoms with Gasteiger partial charge in [0.1, 0.15) is 5.75 Å². The average Bonchev–Trinajstić information content (AvgIpc) is 2.83. The van der Waals surface area contributed by atoms with Gasteiger partial charge < -0.3 is 14.4 Å². The van der Waals surface area contributed by atoms with Gasteiger partial charge in [-0.3, -0.25) is 4.79 Å². The maximum atomic E-state index is 12.8. The van der Waals surface area contributed by atoms with E-state index in [1.54, 1.807) is 25.0 Å². The SMILES string of the molecule is CCCCN1C(=O)/C(=C\c2cccc(OC)c2)C(C(=O)OC)=C1C. The molecule has 0 saturated carbocycles. The normalized spacial score (nSPS) is 16.1. The molecule has 2 rings (SSSR count). The van der Waals surface area contributed by atoms with Crippen LogP contribution in [0.2, 0.25) is 0 Å². The molecule has 1 amide bonds. The summed E-state index contributed by atoms with van der Waals surface area (Å²) in [5.74, 6) is 0.0381. The molecule has 0 radical (unpaired) electrons. The van der Waals surface area contributed by atoms with Crippen molar-refractivity contribution in [1.29, 1.82) is 0 Å². The van der Waals surface area contributed by atoms with Crippen LogP contribution in [0.5, 0.6) is 5.75 Å². The molecular weight excluding hydrogens is 306 g/mol. The van der Waals surface area contributed by atoms with Crippen LogP contribution in [-0.2, 0) is 14.3 Å². The number of allylic oxidation sites excluding steroid dienone is 1. The highest BCUT2D eigenvalue weighted by atomic mass is 16.5. The van der Waals surface area contributed by atoms with Gasteiger partial charge >= 0.3 is 5.97 Å². The molecular formula is C19H23NO4. The first-order valence-electron chi connectivity index (χ1n) is 8.00. The van der Waals surface area contributed by atoms with Gasteiger partial charge in [0.25, 0.3) is 5.91 Å². The van der Waals surface area contributed by atoms with E-state index in [0.717, 1.165) is 18.4 Å². The van der Waals surface area contributed by atoms with Crippen molar-refractivity contribution in [2.45, 2.75) is 26.7 Å². The Kier molecular flexibility index (Phi) is 5.79. The van der Waals surface area contributed by atoms with E-state index in [1.165, 1.54) is 7.11 Å². The first-order valence-corrected chi connectivity index (χ1v) is 8.00. The number of unbranched alkanes of at least 4 members (excludes halogenated alkanes) is 1. The van der Waals surface area contributed by atoms with Crippen LogP contribution in [0.1, 0.15) is 32.3 Å². The van der Waals surface area contributed by atoms with E-state index in [-0.39, 0.29) is 5.91 Å². The number of esters is 1. The zero-order valence-corrected chi connectivity index (χ0v) is 14.6. The molecule has 0 aromatic heterocycles. The summed E-state index contributed by atoms with van der Waals surface area (Å²) in [5.41, 5.74) is 2.14. The Labute approximate surface area is 142 Å². The summed E-state index contributed by atoms with van der Waals surface area (Å²) >= 11 is 0. The minimum Gasteiger partial charge on any atom is -0.497 e. The van der Waals surface area contributed by atoms with Crippen molar-refractivity contribution in [3.8, 4) is 5.75 Å². The Balaban J connectivity index is 2.47. The van der Waals surface area contributed by atoms with Crippen LogP contribution in [0.3, 0.4) is 0 Å². The zero-order valence-electron chi connectivity index (χ0n) is 14.6. The maximum absolute atomic E-state index is 12.8. The van der Waals surface area contributed by atoms with E-state index in [1.807, 2.05) is 24.3 Å². The van der Waals surface area contributed by atoms with Crippen LogP contribution in [0, 0.1) is 0 Å². The van der Waals surface area contributed by atoms with E-state index < -0.39 is 5.97 Å². The second-order valence-electron chi connectivity index (χ2n) is 5.60. The fraction of sp³-hybridized carbons (Fsp3) is 0.368. The number of carbonyl (C=O) groups excluding carboxylic acids is 2. The van der Waals surface area contributed by atoms with Gasteiger partial charge in [-0.2, -0.15) is 0 Å². The number of hydrogen-bond donors (Lipinski definition) is 0. The summed E-state index contributed by atoms with van der Waals surface area (Å²) in [4.78, 5) is 26.6. The standard InChI is InChI=1S/C19H23NO4/c1-5-6-10-20-13(2)17(19(22)24-4)16(18(20)21)12-14-8-7-9-15(11-14)23-3/h7-9,11-12H,5-6,10H2,1-4H3/b16-12-. The molecule has 24 heavy (non-hydrogen) atoms. The van der Waals surface area contributed by atoms with Gasteiger partial charge in [0.15, 0.2) is 0 Å². The Morgan fingerprint density at radius 1 is 1.29 bits per heavy atom. The number of carbonyl (C=O) groups is 2. The molecule has 0 N–H and O–H groups in total. The second kappa shape index (κ2) is 7.81. The molecule has 0 aliphatic carbocycles. The Hall–Kier alpha value is -2.56. The monoisotopic (exact) mass is 329 g/mol. The Morgan fingerprint density at radius 2 is 2.04 bits per heavy atom. The summed E-state index contributed by atoms with van der Waals surface area (Å²) in [6.07, 6.45) is 3.57. The highest BCUT2D eigenvalue weighted by molar-refractivity contribution is 6.16. The third kappa shape index (κ3) is 3.50. The van der Waals surface area contributed by atoms with Crippen molar-refractivity contribution in [2.24, 2.45) is 0 Å². The molecule has 0 spiro atoms. The van der Waals surface area contributed by atoms with Crippen molar-refractivity contribution >= 4 is 18.0 Å². The van der Waals surface area contributed by atoms with Crippen molar-refractivity contribution in [2.75, 3.05) is 20.8 Å². The molecule has 1 aliphatic heterocycles. The largest absolute Gasteiger partial charge is 0.497 e. The molecule has 128 valence electrons. The topological polar surface area (TPSA) is 55.8 Å². The number of rotatable bonds is 6. The maximum Gasteiger partial charge on any atom is 0.340 e. The lowest BCUT2D eigenvalue weighted by atomic mass is 10.0. The van der Waals surface area contributed by atoms with E-state index in [0.29, 0.717) is 29.1 Å². The molecule has 1 aromatic carbocycles. The molecule has 0 fully saturated rings. The number of ether oxygens (including phenoxy) is 2. The molecule has 5 nitrogen and oxygen atoms in total. The summed E-state index contributed by atoms with van der Waals surface area (Å²) < 4.78 is 10.1. The third-order valence-corrected chi connectivity index (χ3v) is 4.04. The number of nitrogens with zero attached hydrogens (tertiary/aromatic N) is 1. The van der Waals surface area contributed by atoms with Gasteiger partial charge in [-0.25, -0.2) is 4.79 Å². The highest BCUT2D eigenvalue weighted by Gasteiger charge is 2.36. The first-order chi connectivity index (χ1) is 11.5. The van der Waals surface area contributed by atoms with E-state index in [2.05, 4.69) is 6.92 Å². The van der Waals surface area contributed by atoms with Crippen LogP contribution < -0.4 is 4.74 Å². The van der Waals surface area contributed by atoms with Gasteiger partial charge in [-0.1, -0.05) is 25.5 Å². The average molecular weight is 329 g/mol. The summed E-state index contributed by atoms with van der Waals surface area (Å²) in [6.45, 7) is 4.44. The Morgan fingerprint density at radius 3 is 2.67 bits per heavy atom. The van der Waals surface area contributed by atoms with Crippen molar-refractivity contribution in [1.82, 2.24) is 4.90 Å². The molecule has 5 heteroatoms. The van der Waals surface area contributed by atoms with Gasteiger partial charge in [-0.15, -0.1) is 0 Å². The predicted molar refractivity (Wildman–Crippen MR) is 92.3 cm³/mol. The summed E-state index contributed by atoms with van der Waals surface area (Å²) in [6, 6.07) is 7.35. The lowest BCUT2D eigenvalue weighted by Gasteiger charge is -2.17. The van der Waals surface area contributed by atoms with E-state index in [9.17, 15) is 9.59 Å². The molecule has 0 bridgehead atoms. The second-order valence-corrected chi connectivity index (χ2v) is 5.60. The van der Waals surface area contributed by atoms with Crippen LogP contribution >= 0.6 is 0 Å². The molecule has 0 atom stereocenters. The number of benzene rings is 1. The third-order valence-electron chi connectivity index (χ3n) is 4.04. The number of amides is 1. The molecule has 1 heterocycles. The molecule has 0 unspecified atom stereocenters. The Bertz CT molecular complexity index is 703. The van der Waals surface area contributed by atoms with Crippen LogP contribution in [0.25, 0.3) is 6.08 Å². The van der Waals surface area contributed by atoms with Gasteiger partial charge in [0, 0.05) is 12.2 Å². The van der Waals surface area contributed by atoms with Crippen molar-refractivity contribution in [3.63, 3.8) is 0 Å². The predicted octanol–water partition coefficient (Wildman–Crippen LogP) is 3.17. The van der Waals surface area contributed by atoms with Crippen LogP contribution in [0.15, 0.2) is 41.1 Å². The van der Waals surface area contributed by atoms with Gasteiger partial charge in [0.2, 0.25) is 0 Å².